The highest BCUT2D eigenvalue weighted by atomic mass is 16.2. The molecule has 3 heteroatoms. The van der Waals surface area contributed by atoms with Gasteiger partial charge in [0.1, 0.15) is 0 Å². The van der Waals surface area contributed by atoms with Gasteiger partial charge in [-0.2, -0.15) is 5.26 Å². The van der Waals surface area contributed by atoms with Gasteiger partial charge in [-0.3, -0.25) is 4.79 Å². The van der Waals surface area contributed by atoms with E-state index in [1.807, 2.05) is 24.1 Å². The second kappa shape index (κ2) is 6.56. The lowest BCUT2D eigenvalue weighted by molar-refractivity contribution is -0.132. The quantitative estimate of drug-likeness (QED) is 0.847. The van der Waals surface area contributed by atoms with Crippen molar-refractivity contribution in [3.05, 3.63) is 35.4 Å². The van der Waals surface area contributed by atoms with Crippen molar-refractivity contribution < 1.29 is 4.79 Å². The number of amides is 1. The van der Waals surface area contributed by atoms with Crippen molar-refractivity contribution in [3.8, 4) is 6.07 Å². The molecule has 0 heterocycles. The van der Waals surface area contributed by atoms with E-state index in [1.54, 1.807) is 12.1 Å². The van der Waals surface area contributed by atoms with Gasteiger partial charge in [-0.1, -0.05) is 31.9 Å². The van der Waals surface area contributed by atoms with Crippen LogP contribution >= 0.6 is 0 Å². The van der Waals surface area contributed by atoms with Crippen molar-refractivity contribution >= 4 is 5.91 Å². The van der Waals surface area contributed by atoms with E-state index >= 15 is 0 Å². The standard InChI is InChI=1S/C17H22N2O/c1-13-5-3-4-6-16(13)19(2)17(20)11-14-7-9-15(12-18)10-8-14/h7-10,13,16H,3-6,11H2,1-2H3. The average molecular weight is 270 g/mol. The van der Waals surface area contributed by atoms with Gasteiger partial charge in [0.15, 0.2) is 0 Å². The van der Waals surface area contributed by atoms with Crippen molar-refractivity contribution in [2.45, 2.75) is 45.1 Å². The van der Waals surface area contributed by atoms with E-state index in [4.69, 9.17) is 5.26 Å². The third kappa shape index (κ3) is 3.39. The van der Waals surface area contributed by atoms with Crippen molar-refractivity contribution in [2.75, 3.05) is 7.05 Å². The number of nitriles is 1. The smallest absolute Gasteiger partial charge is 0.226 e. The molecule has 1 saturated carbocycles. The Labute approximate surface area is 121 Å². The van der Waals surface area contributed by atoms with Crippen molar-refractivity contribution in [3.63, 3.8) is 0 Å². The molecule has 0 bridgehead atoms. The van der Waals surface area contributed by atoms with Crippen LogP contribution in [0, 0.1) is 17.2 Å². The molecule has 2 atom stereocenters. The molecule has 1 aromatic rings. The third-order valence-electron chi connectivity index (χ3n) is 4.40. The lowest BCUT2D eigenvalue weighted by Gasteiger charge is -2.36. The minimum atomic E-state index is 0.174. The first-order valence-corrected chi connectivity index (χ1v) is 7.36. The summed E-state index contributed by atoms with van der Waals surface area (Å²) in [4.78, 5) is 14.3. The first-order valence-electron chi connectivity index (χ1n) is 7.36. The highest BCUT2D eigenvalue weighted by Crippen LogP contribution is 2.27. The lowest BCUT2D eigenvalue weighted by atomic mass is 9.85. The molecule has 2 rings (SSSR count). The molecule has 0 aliphatic heterocycles. The maximum absolute atomic E-state index is 12.4. The zero-order valence-electron chi connectivity index (χ0n) is 12.3. The van der Waals surface area contributed by atoms with E-state index in [2.05, 4.69) is 13.0 Å². The van der Waals surface area contributed by atoms with E-state index in [9.17, 15) is 4.79 Å². The van der Waals surface area contributed by atoms with Crippen LogP contribution in [0.1, 0.15) is 43.7 Å². The molecule has 106 valence electrons. The van der Waals surface area contributed by atoms with Gasteiger partial charge in [-0.15, -0.1) is 0 Å². The van der Waals surface area contributed by atoms with Crippen LogP contribution in [-0.2, 0) is 11.2 Å². The fourth-order valence-electron chi connectivity index (χ4n) is 3.05. The van der Waals surface area contributed by atoms with E-state index < -0.39 is 0 Å². The summed E-state index contributed by atoms with van der Waals surface area (Å²) >= 11 is 0. The number of carbonyl (C=O) groups excluding carboxylic acids is 1. The van der Waals surface area contributed by atoms with Gasteiger partial charge >= 0.3 is 0 Å². The van der Waals surface area contributed by atoms with Crippen molar-refractivity contribution in [1.82, 2.24) is 4.90 Å². The number of nitrogens with zero attached hydrogens (tertiary/aromatic N) is 2. The summed E-state index contributed by atoms with van der Waals surface area (Å²) < 4.78 is 0. The van der Waals surface area contributed by atoms with Crippen LogP contribution in [0.4, 0.5) is 0 Å². The molecule has 1 fully saturated rings. The van der Waals surface area contributed by atoms with Gasteiger partial charge in [-0.25, -0.2) is 0 Å². The van der Waals surface area contributed by atoms with E-state index in [0.29, 0.717) is 23.9 Å². The molecular formula is C17H22N2O. The molecule has 1 amide bonds. The molecule has 20 heavy (non-hydrogen) atoms. The predicted molar refractivity (Wildman–Crippen MR) is 79.1 cm³/mol. The molecule has 3 nitrogen and oxygen atoms in total. The summed E-state index contributed by atoms with van der Waals surface area (Å²) in [6.07, 6.45) is 5.28. The molecule has 1 aromatic carbocycles. The second-order valence-electron chi connectivity index (χ2n) is 5.82. The Morgan fingerprint density at radius 2 is 1.95 bits per heavy atom. The van der Waals surface area contributed by atoms with Crippen LogP contribution in [0.2, 0.25) is 0 Å². The highest BCUT2D eigenvalue weighted by molar-refractivity contribution is 5.78. The summed E-state index contributed by atoms with van der Waals surface area (Å²) in [6.45, 7) is 2.25. The Morgan fingerprint density at radius 3 is 2.55 bits per heavy atom. The summed E-state index contributed by atoms with van der Waals surface area (Å²) in [5, 5.41) is 8.77. The summed E-state index contributed by atoms with van der Waals surface area (Å²) in [7, 11) is 1.93. The van der Waals surface area contributed by atoms with Gasteiger partial charge in [0.05, 0.1) is 18.1 Å². The number of hydrogen-bond acceptors (Lipinski definition) is 2. The number of hydrogen-bond donors (Lipinski definition) is 0. The molecule has 0 aromatic heterocycles. The first-order chi connectivity index (χ1) is 9.61. The highest BCUT2D eigenvalue weighted by Gasteiger charge is 2.27. The van der Waals surface area contributed by atoms with E-state index in [1.165, 1.54) is 19.3 Å². The van der Waals surface area contributed by atoms with Gasteiger partial charge in [0.25, 0.3) is 0 Å². The Bertz CT molecular complexity index is 501. The maximum Gasteiger partial charge on any atom is 0.226 e. The molecule has 0 saturated heterocycles. The Kier molecular flexibility index (Phi) is 4.79. The Hall–Kier alpha value is -1.82. The fraction of sp³-hybridized carbons (Fsp3) is 0.529. The van der Waals surface area contributed by atoms with Crippen molar-refractivity contribution in [2.24, 2.45) is 5.92 Å². The fourth-order valence-corrected chi connectivity index (χ4v) is 3.05. The minimum absolute atomic E-state index is 0.174. The van der Waals surface area contributed by atoms with E-state index in [0.717, 1.165) is 12.0 Å². The zero-order chi connectivity index (χ0) is 14.5. The van der Waals surface area contributed by atoms with E-state index in [-0.39, 0.29) is 5.91 Å². The Morgan fingerprint density at radius 1 is 1.30 bits per heavy atom. The van der Waals surface area contributed by atoms with Gasteiger partial charge in [0, 0.05) is 13.1 Å². The minimum Gasteiger partial charge on any atom is -0.342 e. The summed E-state index contributed by atoms with van der Waals surface area (Å²) in [6, 6.07) is 9.75. The molecule has 1 aliphatic carbocycles. The molecule has 1 aliphatic rings. The molecule has 0 N–H and O–H groups in total. The van der Waals surface area contributed by atoms with Crippen LogP contribution in [0.3, 0.4) is 0 Å². The summed E-state index contributed by atoms with van der Waals surface area (Å²) in [5.41, 5.74) is 1.61. The van der Waals surface area contributed by atoms with Gasteiger partial charge < -0.3 is 4.90 Å². The normalized spacial score (nSPS) is 22.1. The third-order valence-corrected chi connectivity index (χ3v) is 4.40. The van der Waals surface area contributed by atoms with Crippen LogP contribution in [0.25, 0.3) is 0 Å². The van der Waals surface area contributed by atoms with Crippen LogP contribution in [0.15, 0.2) is 24.3 Å². The molecule has 2 unspecified atom stereocenters. The molecule has 0 radical (unpaired) electrons. The first kappa shape index (κ1) is 14.6. The zero-order valence-corrected chi connectivity index (χ0v) is 12.3. The maximum atomic E-state index is 12.4. The van der Waals surface area contributed by atoms with Crippen LogP contribution in [-0.4, -0.2) is 23.9 Å². The largest absolute Gasteiger partial charge is 0.342 e. The Balaban J connectivity index is 1.98. The van der Waals surface area contributed by atoms with Crippen LogP contribution < -0.4 is 0 Å². The van der Waals surface area contributed by atoms with Crippen molar-refractivity contribution in [1.29, 1.82) is 5.26 Å². The number of benzene rings is 1. The van der Waals surface area contributed by atoms with Crippen LogP contribution in [0.5, 0.6) is 0 Å². The van der Waals surface area contributed by atoms with Gasteiger partial charge in [0.2, 0.25) is 5.91 Å². The lowest BCUT2D eigenvalue weighted by Crippen LogP contribution is -2.43. The van der Waals surface area contributed by atoms with Gasteiger partial charge in [-0.05, 0) is 36.5 Å². The number of likely N-dealkylation sites (N-methyl/N-ethyl adjacent to an activating group) is 1. The molecular weight excluding hydrogens is 248 g/mol. The summed E-state index contributed by atoms with van der Waals surface area (Å²) in [5.74, 6) is 0.770. The average Bonchev–Trinajstić information content (AvgIpc) is 2.48. The topological polar surface area (TPSA) is 44.1 Å². The SMILES string of the molecule is CC1CCCCC1N(C)C(=O)Cc1ccc(C#N)cc1. The number of rotatable bonds is 3. The monoisotopic (exact) mass is 270 g/mol. The second-order valence-corrected chi connectivity index (χ2v) is 5.82. The molecule has 0 spiro atoms. The predicted octanol–water partition coefficient (Wildman–Crippen LogP) is 3.14. The number of carbonyl (C=O) groups is 1.